The van der Waals surface area contributed by atoms with Crippen LogP contribution in [0.1, 0.15) is 22.8 Å². The predicted molar refractivity (Wildman–Crippen MR) is 52.7 cm³/mol. The van der Waals surface area contributed by atoms with E-state index >= 15 is 0 Å². The van der Waals surface area contributed by atoms with E-state index in [1.165, 1.54) is 19.1 Å². The van der Waals surface area contributed by atoms with Gasteiger partial charge in [0, 0.05) is 5.56 Å². The number of benzene rings is 1. The molecule has 0 saturated carbocycles. The van der Waals surface area contributed by atoms with Gasteiger partial charge >= 0.3 is 6.18 Å². The lowest BCUT2D eigenvalue weighted by Crippen LogP contribution is -2.05. The molecule has 0 aliphatic heterocycles. The third kappa shape index (κ3) is 3.97. The van der Waals surface area contributed by atoms with Gasteiger partial charge in [0.15, 0.2) is 5.78 Å². The molecule has 15 heavy (non-hydrogen) atoms. The number of hydrogen-bond donors (Lipinski definition) is 0. The van der Waals surface area contributed by atoms with Crippen LogP contribution < -0.4 is 0 Å². The summed E-state index contributed by atoms with van der Waals surface area (Å²) in [6.45, 7) is 7.31. The van der Waals surface area contributed by atoms with Crippen LogP contribution in [0, 0.1) is 0 Å². The molecule has 0 N–H and O–H groups in total. The molecule has 0 unspecified atom stereocenters. The fourth-order valence-electron chi connectivity index (χ4n) is 0.894. The summed E-state index contributed by atoms with van der Waals surface area (Å²) in [5.41, 5.74) is -0.453. The number of carbonyl (C=O) groups excluding carboxylic acids is 1. The third-order valence-electron chi connectivity index (χ3n) is 1.62. The van der Waals surface area contributed by atoms with Crippen molar-refractivity contribution in [3.63, 3.8) is 0 Å². The highest BCUT2D eigenvalue weighted by Gasteiger charge is 2.29. The van der Waals surface area contributed by atoms with Gasteiger partial charge in [0.05, 0.1) is 5.56 Å². The number of Topliss-reactive ketones (excluding diaryl/α,β-unsaturated/α-hetero) is 1. The summed E-state index contributed by atoms with van der Waals surface area (Å²) in [6, 6.07) is 4.14. The Balaban J connectivity index is 0.000000921. The van der Waals surface area contributed by atoms with Crippen molar-refractivity contribution in [1.29, 1.82) is 0 Å². The molecule has 0 fully saturated rings. The van der Waals surface area contributed by atoms with Gasteiger partial charge in [-0.1, -0.05) is 12.1 Å². The first-order chi connectivity index (χ1) is 6.91. The second kappa shape index (κ2) is 5.34. The van der Waals surface area contributed by atoms with E-state index in [-0.39, 0.29) is 11.3 Å². The molecular formula is C11H11F3O. The molecule has 0 saturated heterocycles. The van der Waals surface area contributed by atoms with Gasteiger partial charge < -0.3 is 0 Å². The second-order valence-corrected chi connectivity index (χ2v) is 2.63. The van der Waals surface area contributed by atoms with Gasteiger partial charge in [-0.15, -0.1) is 13.2 Å². The van der Waals surface area contributed by atoms with Crippen molar-refractivity contribution in [3.05, 3.63) is 48.6 Å². The summed E-state index contributed by atoms with van der Waals surface area (Å²) in [4.78, 5) is 10.7. The lowest BCUT2D eigenvalue weighted by Gasteiger charge is -2.05. The largest absolute Gasteiger partial charge is 0.416 e. The molecule has 1 aromatic rings. The molecule has 1 nitrogen and oxygen atoms in total. The van der Waals surface area contributed by atoms with E-state index in [1.54, 1.807) is 0 Å². The summed E-state index contributed by atoms with van der Waals surface area (Å²) in [5.74, 6) is -0.242. The van der Waals surface area contributed by atoms with Crippen LogP contribution in [0.15, 0.2) is 37.4 Å². The Labute approximate surface area is 86.2 Å². The number of hydrogen-bond acceptors (Lipinski definition) is 1. The van der Waals surface area contributed by atoms with Crippen LogP contribution in [-0.2, 0) is 6.18 Å². The lowest BCUT2D eigenvalue weighted by molar-refractivity contribution is -0.137. The van der Waals surface area contributed by atoms with Crippen LogP contribution in [0.4, 0.5) is 13.2 Å². The van der Waals surface area contributed by atoms with Gasteiger partial charge in [0.1, 0.15) is 0 Å². The van der Waals surface area contributed by atoms with Gasteiger partial charge in [-0.05, 0) is 19.1 Å². The molecular weight excluding hydrogens is 205 g/mol. The minimum absolute atomic E-state index is 0.242. The normalized spacial score (nSPS) is 10.1. The van der Waals surface area contributed by atoms with E-state index in [2.05, 4.69) is 13.2 Å². The van der Waals surface area contributed by atoms with Crippen LogP contribution >= 0.6 is 0 Å². The fraction of sp³-hybridized carbons (Fsp3) is 0.182. The van der Waals surface area contributed by atoms with Crippen LogP contribution in [0.25, 0.3) is 0 Å². The molecule has 0 atom stereocenters. The van der Waals surface area contributed by atoms with Gasteiger partial charge in [-0.25, -0.2) is 0 Å². The van der Waals surface area contributed by atoms with Crippen molar-refractivity contribution < 1.29 is 18.0 Å². The maximum atomic E-state index is 12.0. The zero-order chi connectivity index (χ0) is 12.1. The second-order valence-electron chi connectivity index (χ2n) is 2.63. The Morgan fingerprint density at radius 2 is 1.53 bits per heavy atom. The highest BCUT2D eigenvalue weighted by molar-refractivity contribution is 5.94. The van der Waals surface area contributed by atoms with E-state index in [9.17, 15) is 18.0 Å². The fourth-order valence-corrected chi connectivity index (χ4v) is 0.894. The average molecular weight is 216 g/mol. The summed E-state index contributed by atoms with van der Waals surface area (Å²) in [6.07, 6.45) is -4.34. The zero-order valence-corrected chi connectivity index (χ0v) is 8.27. The summed E-state index contributed by atoms with van der Waals surface area (Å²) >= 11 is 0. The van der Waals surface area contributed by atoms with Gasteiger partial charge in [-0.3, -0.25) is 4.79 Å². The molecule has 4 heteroatoms. The molecule has 0 aliphatic rings. The van der Waals surface area contributed by atoms with Gasteiger partial charge in [0.2, 0.25) is 0 Å². The van der Waals surface area contributed by atoms with Crippen molar-refractivity contribution in [3.8, 4) is 0 Å². The Morgan fingerprint density at radius 3 is 1.80 bits per heavy atom. The SMILES string of the molecule is C=C.CC(=O)c1ccc(C(F)(F)F)cc1. The number of ketones is 1. The summed E-state index contributed by atoms with van der Waals surface area (Å²) in [5, 5.41) is 0. The van der Waals surface area contributed by atoms with E-state index in [1.807, 2.05) is 0 Å². The standard InChI is InChI=1S/C9H7F3O.C2H4/c1-6(13)7-2-4-8(5-3-7)9(10,11)12;1-2/h2-5H,1H3;1-2H2. The number of halogens is 3. The maximum absolute atomic E-state index is 12.0. The molecule has 0 aliphatic carbocycles. The van der Waals surface area contributed by atoms with Crippen molar-refractivity contribution >= 4 is 5.78 Å². The summed E-state index contributed by atoms with van der Waals surface area (Å²) < 4.78 is 36.1. The Kier molecular flexibility index (Phi) is 4.78. The smallest absolute Gasteiger partial charge is 0.295 e. The highest BCUT2D eigenvalue weighted by Crippen LogP contribution is 2.28. The highest BCUT2D eigenvalue weighted by atomic mass is 19.4. The van der Waals surface area contributed by atoms with Gasteiger partial charge in [0.25, 0.3) is 0 Å². The molecule has 0 heterocycles. The van der Waals surface area contributed by atoms with Crippen molar-refractivity contribution in [1.82, 2.24) is 0 Å². The topological polar surface area (TPSA) is 17.1 Å². The minimum Gasteiger partial charge on any atom is -0.295 e. The number of rotatable bonds is 1. The van der Waals surface area contributed by atoms with Crippen LogP contribution in [-0.4, -0.2) is 5.78 Å². The molecule has 0 spiro atoms. The maximum Gasteiger partial charge on any atom is 0.416 e. The zero-order valence-electron chi connectivity index (χ0n) is 8.27. The Morgan fingerprint density at radius 1 is 1.13 bits per heavy atom. The lowest BCUT2D eigenvalue weighted by atomic mass is 10.1. The average Bonchev–Trinajstić information content (AvgIpc) is 2.20. The molecule has 1 aromatic carbocycles. The quantitative estimate of drug-likeness (QED) is 0.516. The monoisotopic (exact) mass is 216 g/mol. The van der Waals surface area contributed by atoms with Crippen LogP contribution in [0.2, 0.25) is 0 Å². The van der Waals surface area contributed by atoms with E-state index in [0.717, 1.165) is 12.1 Å². The first-order valence-corrected chi connectivity index (χ1v) is 4.09. The number of carbonyl (C=O) groups is 1. The van der Waals surface area contributed by atoms with E-state index in [0.29, 0.717) is 0 Å². The first-order valence-electron chi connectivity index (χ1n) is 4.09. The third-order valence-corrected chi connectivity index (χ3v) is 1.62. The molecule has 82 valence electrons. The first kappa shape index (κ1) is 13.4. The van der Waals surface area contributed by atoms with Crippen LogP contribution in [0.3, 0.4) is 0 Å². The predicted octanol–water partition coefficient (Wildman–Crippen LogP) is 3.71. The van der Waals surface area contributed by atoms with Crippen LogP contribution in [0.5, 0.6) is 0 Å². The van der Waals surface area contributed by atoms with E-state index in [4.69, 9.17) is 0 Å². The van der Waals surface area contributed by atoms with E-state index < -0.39 is 11.7 Å². The Hall–Kier alpha value is -1.58. The molecule has 1 rings (SSSR count). The Bertz CT molecular complexity index is 325. The summed E-state index contributed by atoms with van der Waals surface area (Å²) in [7, 11) is 0. The molecule has 0 amide bonds. The van der Waals surface area contributed by atoms with Crippen molar-refractivity contribution in [2.45, 2.75) is 13.1 Å². The minimum atomic E-state index is -4.34. The van der Waals surface area contributed by atoms with Crippen molar-refractivity contribution in [2.75, 3.05) is 0 Å². The number of alkyl halides is 3. The molecule has 0 aromatic heterocycles. The van der Waals surface area contributed by atoms with Crippen molar-refractivity contribution in [2.24, 2.45) is 0 Å². The van der Waals surface area contributed by atoms with Gasteiger partial charge in [-0.2, -0.15) is 13.2 Å². The molecule has 0 radical (unpaired) electrons. The molecule has 0 bridgehead atoms.